The maximum Gasteiger partial charge on any atom is 0.208 e. The molecule has 0 bridgehead atoms. The van der Waals surface area contributed by atoms with Crippen molar-refractivity contribution in [1.82, 2.24) is 4.72 Å². The van der Waals surface area contributed by atoms with Gasteiger partial charge in [-0.1, -0.05) is 18.2 Å². The van der Waals surface area contributed by atoms with Crippen molar-refractivity contribution in [3.05, 3.63) is 30.3 Å². The van der Waals surface area contributed by atoms with Gasteiger partial charge in [0.2, 0.25) is 10.0 Å². The fraction of sp³-hybridized carbons (Fsp3) is 0.500. The maximum absolute atomic E-state index is 11.1. The molecule has 5 heteroatoms. The first-order chi connectivity index (χ1) is 8.06. The van der Waals surface area contributed by atoms with Crippen LogP contribution in [0.3, 0.4) is 0 Å². The van der Waals surface area contributed by atoms with Gasteiger partial charge in [-0.15, -0.1) is 0 Å². The van der Waals surface area contributed by atoms with Crippen LogP contribution < -0.4 is 9.62 Å². The quantitative estimate of drug-likeness (QED) is 0.878. The SMILES string of the molecule is CS(=O)(=O)NCC1CCCN1c1ccccc1. The molecule has 1 aromatic carbocycles. The van der Waals surface area contributed by atoms with Crippen LogP contribution in [0.15, 0.2) is 30.3 Å². The summed E-state index contributed by atoms with van der Waals surface area (Å²) in [6, 6.07) is 10.4. The zero-order chi connectivity index (χ0) is 12.3. The van der Waals surface area contributed by atoms with Crippen LogP contribution in [-0.2, 0) is 10.0 Å². The lowest BCUT2D eigenvalue weighted by Crippen LogP contribution is -2.39. The molecule has 1 fully saturated rings. The predicted octanol–water partition coefficient (Wildman–Crippen LogP) is 1.20. The highest BCUT2D eigenvalue weighted by molar-refractivity contribution is 7.88. The molecule has 17 heavy (non-hydrogen) atoms. The zero-order valence-electron chi connectivity index (χ0n) is 9.96. The van der Waals surface area contributed by atoms with Crippen LogP contribution in [0.1, 0.15) is 12.8 Å². The molecule has 0 spiro atoms. The molecule has 0 amide bonds. The topological polar surface area (TPSA) is 49.4 Å². The Labute approximate surface area is 103 Å². The van der Waals surface area contributed by atoms with Gasteiger partial charge in [0.05, 0.1) is 6.26 Å². The zero-order valence-corrected chi connectivity index (χ0v) is 10.8. The van der Waals surface area contributed by atoms with Crippen LogP contribution in [0.2, 0.25) is 0 Å². The molecular formula is C12H18N2O2S. The van der Waals surface area contributed by atoms with Gasteiger partial charge in [0.25, 0.3) is 0 Å². The molecule has 1 atom stereocenters. The van der Waals surface area contributed by atoms with Gasteiger partial charge >= 0.3 is 0 Å². The highest BCUT2D eigenvalue weighted by atomic mass is 32.2. The number of hydrogen-bond donors (Lipinski definition) is 1. The minimum Gasteiger partial charge on any atom is -0.367 e. The largest absolute Gasteiger partial charge is 0.367 e. The first kappa shape index (κ1) is 12.4. The van der Waals surface area contributed by atoms with Crippen LogP contribution in [0.25, 0.3) is 0 Å². The van der Waals surface area contributed by atoms with E-state index in [-0.39, 0.29) is 6.04 Å². The van der Waals surface area contributed by atoms with Gasteiger partial charge in [-0.2, -0.15) is 0 Å². The van der Waals surface area contributed by atoms with E-state index in [1.165, 1.54) is 11.9 Å². The smallest absolute Gasteiger partial charge is 0.208 e. The van der Waals surface area contributed by atoms with Crippen molar-refractivity contribution in [2.45, 2.75) is 18.9 Å². The van der Waals surface area contributed by atoms with E-state index in [2.05, 4.69) is 21.8 Å². The second-order valence-electron chi connectivity index (χ2n) is 4.45. The van der Waals surface area contributed by atoms with Crippen molar-refractivity contribution < 1.29 is 8.42 Å². The lowest BCUT2D eigenvalue weighted by Gasteiger charge is -2.26. The molecule has 1 N–H and O–H groups in total. The Hall–Kier alpha value is -1.07. The fourth-order valence-corrected chi connectivity index (χ4v) is 2.75. The van der Waals surface area contributed by atoms with Crippen molar-refractivity contribution in [3.63, 3.8) is 0 Å². The summed E-state index contributed by atoms with van der Waals surface area (Å²) in [5, 5.41) is 0. The first-order valence-corrected chi connectivity index (χ1v) is 7.72. The van der Waals surface area contributed by atoms with Crippen LogP contribution in [0.5, 0.6) is 0 Å². The standard InChI is InChI=1S/C12H18N2O2S/c1-17(15,16)13-10-12-8-5-9-14(12)11-6-3-2-4-7-11/h2-4,6-7,12-13H,5,8-10H2,1H3. The summed E-state index contributed by atoms with van der Waals surface area (Å²) in [6.45, 7) is 1.49. The van der Waals surface area contributed by atoms with E-state index in [1.54, 1.807) is 0 Å². The Bertz CT molecular complexity index is 459. The molecule has 0 aliphatic carbocycles. The number of rotatable bonds is 4. The van der Waals surface area contributed by atoms with Gasteiger partial charge in [-0.25, -0.2) is 13.1 Å². The highest BCUT2D eigenvalue weighted by Gasteiger charge is 2.25. The number of benzene rings is 1. The third-order valence-corrected chi connectivity index (χ3v) is 3.74. The van der Waals surface area contributed by atoms with Crippen molar-refractivity contribution in [3.8, 4) is 0 Å². The van der Waals surface area contributed by atoms with Gasteiger partial charge in [0.1, 0.15) is 0 Å². The number of para-hydroxylation sites is 1. The molecule has 1 saturated heterocycles. The minimum atomic E-state index is -3.09. The van der Waals surface area contributed by atoms with Crippen molar-refractivity contribution >= 4 is 15.7 Å². The Balaban J connectivity index is 2.03. The van der Waals surface area contributed by atoms with Gasteiger partial charge in [0.15, 0.2) is 0 Å². The van der Waals surface area contributed by atoms with Gasteiger partial charge in [0, 0.05) is 24.8 Å². The van der Waals surface area contributed by atoms with Crippen LogP contribution in [0, 0.1) is 0 Å². The normalized spacial score (nSPS) is 20.8. The summed E-state index contributed by atoms with van der Waals surface area (Å²) in [7, 11) is -3.09. The molecule has 1 unspecified atom stereocenters. The lowest BCUT2D eigenvalue weighted by molar-refractivity contribution is 0.572. The monoisotopic (exact) mass is 254 g/mol. The summed E-state index contributed by atoms with van der Waals surface area (Å²) in [5.41, 5.74) is 1.17. The highest BCUT2D eigenvalue weighted by Crippen LogP contribution is 2.24. The summed E-state index contributed by atoms with van der Waals surface area (Å²) < 4.78 is 24.8. The minimum absolute atomic E-state index is 0.270. The molecular weight excluding hydrogens is 236 g/mol. The van der Waals surface area contributed by atoms with Crippen molar-refractivity contribution in [2.75, 3.05) is 24.2 Å². The fourth-order valence-electron chi connectivity index (χ4n) is 2.25. The Morgan fingerprint density at radius 1 is 1.35 bits per heavy atom. The summed E-state index contributed by atoms with van der Waals surface area (Å²) >= 11 is 0. The van der Waals surface area contributed by atoms with E-state index >= 15 is 0 Å². The number of anilines is 1. The molecule has 0 radical (unpaired) electrons. The average Bonchev–Trinajstić information content (AvgIpc) is 2.75. The predicted molar refractivity (Wildman–Crippen MR) is 69.7 cm³/mol. The maximum atomic E-state index is 11.1. The molecule has 94 valence electrons. The van der Waals surface area contributed by atoms with E-state index < -0.39 is 10.0 Å². The summed E-state index contributed by atoms with van der Waals surface area (Å²) in [4.78, 5) is 2.28. The lowest BCUT2D eigenvalue weighted by atomic mass is 10.2. The van der Waals surface area contributed by atoms with E-state index in [9.17, 15) is 8.42 Å². The average molecular weight is 254 g/mol. The molecule has 1 heterocycles. The third kappa shape index (κ3) is 3.44. The van der Waals surface area contributed by atoms with Gasteiger partial charge in [-0.05, 0) is 25.0 Å². The van der Waals surface area contributed by atoms with Crippen LogP contribution >= 0.6 is 0 Å². The number of nitrogens with zero attached hydrogens (tertiary/aromatic N) is 1. The summed E-state index contributed by atoms with van der Waals surface area (Å²) in [6.07, 6.45) is 3.36. The van der Waals surface area contributed by atoms with Crippen LogP contribution in [0.4, 0.5) is 5.69 Å². The molecule has 4 nitrogen and oxygen atoms in total. The van der Waals surface area contributed by atoms with Gasteiger partial charge in [-0.3, -0.25) is 0 Å². The van der Waals surface area contributed by atoms with Crippen molar-refractivity contribution in [1.29, 1.82) is 0 Å². The van der Waals surface area contributed by atoms with Crippen molar-refractivity contribution in [2.24, 2.45) is 0 Å². The number of sulfonamides is 1. The van der Waals surface area contributed by atoms with Gasteiger partial charge < -0.3 is 4.90 Å². The first-order valence-electron chi connectivity index (χ1n) is 5.82. The van der Waals surface area contributed by atoms with E-state index in [0.29, 0.717) is 6.54 Å². The third-order valence-electron chi connectivity index (χ3n) is 3.05. The molecule has 0 saturated carbocycles. The van der Waals surface area contributed by atoms with E-state index in [1.807, 2.05) is 18.2 Å². The van der Waals surface area contributed by atoms with E-state index in [0.717, 1.165) is 19.4 Å². The molecule has 2 rings (SSSR count). The molecule has 1 aromatic rings. The number of nitrogens with one attached hydrogen (secondary N) is 1. The Morgan fingerprint density at radius 2 is 2.06 bits per heavy atom. The molecule has 1 aliphatic rings. The second-order valence-corrected chi connectivity index (χ2v) is 6.28. The van der Waals surface area contributed by atoms with Crippen LogP contribution in [-0.4, -0.2) is 33.8 Å². The number of hydrogen-bond acceptors (Lipinski definition) is 3. The molecule has 1 aliphatic heterocycles. The Kier molecular flexibility index (Phi) is 3.69. The Morgan fingerprint density at radius 3 is 2.71 bits per heavy atom. The molecule has 0 aromatic heterocycles. The second kappa shape index (κ2) is 5.06. The van der Waals surface area contributed by atoms with E-state index in [4.69, 9.17) is 0 Å². The summed E-state index contributed by atoms with van der Waals surface area (Å²) in [5.74, 6) is 0.